The van der Waals surface area contributed by atoms with Crippen molar-refractivity contribution in [1.29, 1.82) is 0 Å². The molecular formula is C13H20ClNO4S. The Morgan fingerprint density at radius 1 is 1.40 bits per heavy atom. The molecular weight excluding hydrogens is 302 g/mol. The van der Waals surface area contributed by atoms with Gasteiger partial charge >= 0.3 is 0 Å². The molecule has 114 valence electrons. The summed E-state index contributed by atoms with van der Waals surface area (Å²) in [6.07, 6.45) is 0.440. The number of rotatable bonds is 8. The van der Waals surface area contributed by atoms with E-state index in [2.05, 4.69) is 5.32 Å². The molecule has 0 aliphatic heterocycles. The molecule has 5 nitrogen and oxygen atoms in total. The second kappa shape index (κ2) is 7.83. The number of hydrogen-bond donors (Lipinski definition) is 2. The number of ether oxygens (including phenoxy) is 1. The van der Waals surface area contributed by atoms with Gasteiger partial charge in [-0.3, -0.25) is 0 Å². The van der Waals surface area contributed by atoms with Crippen LogP contribution in [0.5, 0.6) is 5.75 Å². The summed E-state index contributed by atoms with van der Waals surface area (Å²) in [5.41, 5.74) is 0. The molecule has 7 heteroatoms. The summed E-state index contributed by atoms with van der Waals surface area (Å²) in [6, 6.07) is 6.78. The van der Waals surface area contributed by atoms with Crippen LogP contribution in [0.2, 0.25) is 5.02 Å². The van der Waals surface area contributed by atoms with E-state index in [-0.39, 0.29) is 24.9 Å². The van der Waals surface area contributed by atoms with Gasteiger partial charge in [0.1, 0.15) is 28.3 Å². The molecule has 1 aromatic carbocycles. The summed E-state index contributed by atoms with van der Waals surface area (Å²) in [6.45, 7) is 2.09. The summed E-state index contributed by atoms with van der Waals surface area (Å²) in [7, 11) is -3.02. The number of aliphatic hydroxyl groups excluding tert-OH is 1. The van der Waals surface area contributed by atoms with E-state index in [0.717, 1.165) is 0 Å². The first-order chi connectivity index (χ1) is 9.28. The lowest BCUT2D eigenvalue weighted by molar-refractivity contribution is 0.105. The minimum Gasteiger partial charge on any atom is -0.489 e. The maximum atomic E-state index is 11.1. The predicted molar refractivity (Wildman–Crippen MR) is 80.1 cm³/mol. The van der Waals surface area contributed by atoms with E-state index in [4.69, 9.17) is 16.3 Å². The van der Waals surface area contributed by atoms with Crippen LogP contribution in [0.25, 0.3) is 0 Å². The van der Waals surface area contributed by atoms with Crippen molar-refractivity contribution in [3.8, 4) is 5.75 Å². The van der Waals surface area contributed by atoms with Gasteiger partial charge < -0.3 is 15.2 Å². The highest BCUT2D eigenvalue weighted by atomic mass is 35.5. The van der Waals surface area contributed by atoms with Gasteiger partial charge in [0.15, 0.2) is 0 Å². The summed E-state index contributed by atoms with van der Waals surface area (Å²) in [5, 5.41) is 13.2. The van der Waals surface area contributed by atoms with Gasteiger partial charge in [-0.15, -0.1) is 0 Å². The third-order valence-electron chi connectivity index (χ3n) is 2.52. The van der Waals surface area contributed by atoms with Crippen LogP contribution in [-0.4, -0.2) is 50.8 Å². The van der Waals surface area contributed by atoms with Gasteiger partial charge in [0.2, 0.25) is 0 Å². The Balaban J connectivity index is 2.30. The van der Waals surface area contributed by atoms with Crippen molar-refractivity contribution in [2.45, 2.75) is 19.1 Å². The number of benzene rings is 1. The van der Waals surface area contributed by atoms with Gasteiger partial charge in [-0.2, -0.15) is 0 Å². The Kier molecular flexibility index (Phi) is 6.75. The van der Waals surface area contributed by atoms with Gasteiger partial charge in [0.25, 0.3) is 0 Å². The van der Waals surface area contributed by atoms with Gasteiger partial charge in [-0.1, -0.05) is 23.7 Å². The molecule has 0 fully saturated rings. The Labute approximate surface area is 124 Å². The van der Waals surface area contributed by atoms with E-state index < -0.39 is 15.9 Å². The zero-order chi connectivity index (χ0) is 15.2. The van der Waals surface area contributed by atoms with Crippen LogP contribution in [0.15, 0.2) is 24.3 Å². The second-order valence-electron chi connectivity index (χ2n) is 4.80. The normalized spacial score (nSPS) is 14.8. The van der Waals surface area contributed by atoms with Crippen molar-refractivity contribution in [1.82, 2.24) is 5.32 Å². The minimum absolute atomic E-state index is 0.0328. The second-order valence-corrected chi connectivity index (χ2v) is 7.39. The lowest BCUT2D eigenvalue weighted by Gasteiger charge is -2.17. The Bertz CT molecular complexity index is 521. The summed E-state index contributed by atoms with van der Waals surface area (Å²) < 4.78 is 27.6. The van der Waals surface area contributed by atoms with Crippen molar-refractivity contribution in [2.75, 3.05) is 25.2 Å². The third-order valence-corrected chi connectivity index (χ3v) is 3.94. The molecule has 2 N–H and O–H groups in total. The number of hydrogen-bond acceptors (Lipinski definition) is 5. The topological polar surface area (TPSA) is 75.6 Å². The molecule has 0 amide bonds. The molecule has 1 aromatic rings. The highest BCUT2D eigenvalue weighted by Gasteiger charge is 2.12. The monoisotopic (exact) mass is 321 g/mol. The molecule has 0 bridgehead atoms. The molecule has 2 atom stereocenters. The van der Waals surface area contributed by atoms with Crippen LogP contribution < -0.4 is 10.1 Å². The van der Waals surface area contributed by atoms with E-state index in [0.29, 0.717) is 10.8 Å². The molecule has 0 saturated carbocycles. The lowest BCUT2D eigenvalue weighted by atomic mass is 10.3. The summed E-state index contributed by atoms with van der Waals surface area (Å²) in [4.78, 5) is 0. The molecule has 0 aliphatic rings. The van der Waals surface area contributed by atoms with Crippen LogP contribution in [0.1, 0.15) is 6.92 Å². The first kappa shape index (κ1) is 17.2. The molecule has 20 heavy (non-hydrogen) atoms. The standard InChI is InChI=1S/C13H20ClNO4S/c1-10(9-20(2,17)18)15-7-11(16)8-19-13-6-4-3-5-12(13)14/h3-6,10-11,15-16H,7-9H2,1-2H3. The van der Waals surface area contributed by atoms with E-state index in [1.807, 2.05) is 0 Å². The number of aliphatic hydroxyl groups is 1. The Hall–Kier alpha value is -0.820. The SMILES string of the molecule is CC(CS(C)(=O)=O)NCC(O)COc1ccccc1Cl. The van der Waals surface area contributed by atoms with Crippen LogP contribution in [0.4, 0.5) is 0 Å². The highest BCUT2D eigenvalue weighted by molar-refractivity contribution is 7.90. The minimum atomic E-state index is -3.02. The van der Waals surface area contributed by atoms with E-state index in [1.165, 1.54) is 6.26 Å². The molecule has 1 rings (SSSR count). The van der Waals surface area contributed by atoms with Crippen molar-refractivity contribution >= 4 is 21.4 Å². The van der Waals surface area contributed by atoms with Crippen molar-refractivity contribution in [3.63, 3.8) is 0 Å². The van der Waals surface area contributed by atoms with Crippen molar-refractivity contribution in [3.05, 3.63) is 29.3 Å². The first-order valence-electron chi connectivity index (χ1n) is 6.24. The van der Waals surface area contributed by atoms with Crippen molar-refractivity contribution < 1.29 is 18.3 Å². The molecule has 0 heterocycles. The predicted octanol–water partition coefficient (Wildman–Crippen LogP) is 1.10. The highest BCUT2D eigenvalue weighted by Crippen LogP contribution is 2.22. The number of nitrogens with one attached hydrogen (secondary N) is 1. The third kappa shape index (κ3) is 7.09. The van der Waals surface area contributed by atoms with Gasteiger partial charge in [0, 0.05) is 18.8 Å². The lowest BCUT2D eigenvalue weighted by Crippen LogP contribution is -2.39. The maximum Gasteiger partial charge on any atom is 0.148 e. The van der Waals surface area contributed by atoms with E-state index in [9.17, 15) is 13.5 Å². The number of sulfone groups is 1. The van der Waals surface area contributed by atoms with E-state index >= 15 is 0 Å². The Morgan fingerprint density at radius 2 is 2.05 bits per heavy atom. The largest absolute Gasteiger partial charge is 0.489 e. The molecule has 0 spiro atoms. The van der Waals surface area contributed by atoms with E-state index in [1.54, 1.807) is 31.2 Å². The van der Waals surface area contributed by atoms with Gasteiger partial charge in [-0.25, -0.2) is 8.42 Å². The molecule has 0 aromatic heterocycles. The maximum absolute atomic E-state index is 11.1. The smallest absolute Gasteiger partial charge is 0.148 e. The molecule has 0 radical (unpaired) electrons. The Morgan fingerprint density at radius 3 is 2.65 bits per heavy atom. The van der Waals surface area contributed by atoms with Crippen molar-refractivity contribution in [2.24, 2.45) is 0 Å². The fraction of sp³-hybridized carbons (Fsp3) is 0.538. The first-order valence-corrected chi connectivity index (χ1v) is 8.68. The molecule has 0 aliphatic carbocycles. The zero-order valence-electron chi connectivity index (χ0n) is 11.5. The van der Waals surface area contributed by atoms with Crippen LogP contribution in [0.3, 0.4) is 0 Å². The van der Waals surface area contributed by atoms with Gasteiger partial charge in [-0.05, 0) is 19.1 Å². The summed E-state index contributed by atoms with van der Waals surface area (Å²) >= 11 is 5.92. The number of halogens is 1. The summed E-state index contributed by atoms with van der Waals surface area (Å²) in [5.74, 6) is 0.544. The fourth-order valence-electron chi connectivity index (χ4n) is 1.66. The quantitative estimate of drug-likeness (QED) is 0.750. The van der Waals surface area contributed by atoms with Crippen LogP contribution >= 0.6 is 11.6 Å². The number of para-hydroxylation sites is 1. The van der Waals surface area contributed by atoms with Crippen LogP contribution in [-0.2, 0) is 9.84 Å². The molecule has 0 saturated heterocycles. The zero-order valence-corrected chi connectivity index (χ0v) is 13.1. The average Bonchev–Trinajstić information content (AvgIpc) is 2.33. The van der Waals surface area contributed by atoms with Crippen LogP contribution in [0, 0.1) is 0 Å². The average molecular weight is 322 g/mol. The molecule has 2 unspecified atom stereocenters. The fourth-order valence-corrected chi connectivity index (χ4v) is 2.87. The van der Waals surface area contributed by atoms with Gasteiger partial charge in [0.05, 0.1) is 10.8 Å².